The second-order valence-corrected chi connectivity index (χ2v) is 6.56. The molecule has 0 N–H and O–H groups in total. The lowest BCUT2D eigenvalue weighted by atomic mass is 10.4. The summed E-state index contributed by atoms with van der Waals surface area (Å²) in [6.45, 7) is 8.40. The van der Waals surface area contributed by atoms with Gasteiger partial charge < -0.3 is 19.1 Å². The minimum Gasteiger partial charge on any atom is -0.381 e. The molecule has 0 heterocycles. The molecule has 0 aliphatic rings. The first-order chi connectivity index (χ1) is 8.70. The van der Waals surface area contributed by atoms with E-state index < -0.39 is 0 Å². The molecule has 0 aromatic rings. The van der Waals surface area contributed by atoms with Crippen LogP contribution >= 0.6 is 0 Å². The van der Waals surface area contributed by atoms with Crippen LogP contribution in [0.5, 0.6) is 0 Å². The zero-order chi connectivity index (χ0) is 13.6. The van der Waals surface area contributed by atoms with E-state index >= 15 is 0 Å². The van der Waals surface area contributed by atoms with Crippen LogP contribution in [-0.2, 0) is 14.2 Å². The number of ether oxygens (including phenoxy) is 3. The summed E-state index contributed by atoms with van der Waals surface area (Å²) in [5.74, 6) is 0.105. The highest BCUT2D eigenvalue weighted by Gasteiger charge is 2.07. The second-order valence-electron chi connectivity index (χ2n) is 4.61. The molecule has 0 unspecified atom stereocenters. The average molecular weight is 277 g/mol. The molecule has 0 amide bonds. The minimum atomic E-state index is -0.282. The summed E-state index contributed by atoms with van der Waals surface area (Å²) < 4.78 is 16.7. The van der Waals surface area contributed by atoms with Gasteiger partial charge in [0.1, 0.15) is 5.91 Å². The van der Waals surface area contributed by atoms with Crippen molar-refractivity contribution >= 4 is 9.52 Å². The summed E-state index contributed by atoms with van der Waals surface area (Å²) in [6, 6.07) is 1.23. The minimum absolute atomic E-state index is 0.105. The Hall–Kier alpha value is 0.0569. The van der Waals surface area contributed by atoms with Crippen molar-refractivity contribution in [1.29, 1.82) is 0 Å². The summed E-state index contributed by atoms with van der Waals surface area (Å²) in [5, 5.41) is 0. The fraction of sp³-hybridized carbons (Fsp3) is 1.00. The molecule has 0 atom stereocenters. The third kappa shape index (κ3) is 12.5. The lowest BCUT2D eigenvalue weighted by Gasteiger charge is -2.16. The molecule has 0 rings (SSSR count). The first-order valence-corrected chi connectivity index (χ1v) is 8.98. The van der Waals surface area contributed by atoms with Crippen molar-refractivity contribution < 1.29 is 14.2 Å². The Kier molecular flexibility index (Phi) is 13.5. The summed E-state index contributed by atoms with van der Waals surface area (Å²) >= 11 is 0. The quantitative estimate of drug-likeness (QED) is 0.288. The van der Waals surface area contributed by atoms with Crippen molar-refractivity contribution in [2.45, 2.75) is 38.6 Å². The zero-order valence-corrected chi connectivity index (χ0v) is 14.0. The SMILES string of the molecule is CCOC(OCC)[SiH2]CCCOCCCN(C)C. The van der Waals surface area contributed by atoms with E-state index in [9.17, 15) is 0 Å². The summed E-state index contributed by atoms with van der Waals surface area (Å²) in [5.41, 5.74) is 0. The Morgan fingerprint density at radius 2 is 1.61 bits per heavy atom. The largest absolute Gasteiger partial charge is 0.381 e. The molecule has 0 aliphatic heterocycles. The molecule has 18 heavy (non-hydrogen) atoms. The number of hydrogen-bond donors (Lipinski definition) is 0. The van der Waals surface area contributed by atoms with Gasteiger partial charge in [0.2, 0.25) is 0 Å². The zero-order valence-electron chi connectivity index (χ0n) is 12.6. The molecular formula is C13H31NO3Si. The Balaban J connectivity index is 3.26. The van der Waals surface area contributed by atoms with Crippen LogP contribution in [-0.4, -0.2) is 67.4 Å². The summed E-state index contributed by atoms with van der Waals surface area (Å²) in [6.07, 6.45) is 2.26. The monoisotopic (exact) mass is 277 g/mol. The Morgan fingerprint density at radius 3 is 2.17 bits per heavy atom. The van der Waals surface area contributed by atoms with Crippen LogP contribution in [0.1, 0.15) is 26.7 Å². The maximum atomic E-state index is 5.60. The average Bonchev–Trinajstić information content (AvgIpc) is 2.32. The molecule has 0 saturated heterocycles. The van der Waals surface area contributed by atoms with Gasteiger partial charge in [0.05, 0.1) is 9.52 Å². The van der Waals surface area contributed by atoms with Gasteiger partial charge in [-0.05, 0) is 47.3 Å². The summed E-state index contributed by atoms with van der Waals surface area (Å²) in [4.78, 5) is 2.19. The van der Waals surface area contributed by atoms with Crippen LogP contribution in [0.15, 0.2) is 0 Å². The molecule has 4 nitrogen and oxygen atoms in total. The van der Waals surface area contributed by atoms with Gasteiger partial charge in [-0.25, -0.2) is 0 Å². The maximum absolute atomic E-state index is 5.60. The Labute approximate surface area is 115 Å². The van der Waals surface area contributed by atoms with E-state index in [0.29, 0.717) is 0 Å². The van der Waals surface area contributed by atoms with Crippen LogP contribution in [0.2, 0.25) is 6.04 Å². The van der Waals surface area contributed by atoms with E-state index in [1.807, 2.05) is 13.8 Å². The number of nitrogens with zero attached hydrogens (tertiary/aromatic N) is 1. The normalized spacial score (nSPS) is 12.3. The van der Waals surface area contributed by atoms with E-state index in [0.717, 1.165) is 45.8 Å². The molecule has 0 fully saturated rings. The third-order valence-electron chi connectivity index (χ3n) is 2.58. The molecule has 0 aromatic carbocycles. The maximum Gasteiger partial charge on any atom is 0.134 e. The smallest absolute Gasteiger partial charge is 0.134 e. The number of rotatable bonds is 13. The highest BCUT2D eigenvalue weighted by Crippen LogP contribution is 1.99. The van der Waals surface area contributed by atoms with Gasteiger partial charge in [0.15, 0.2) is 0 Å². The molecule has 0 saturated carbocycles. The van der Waals surface area contributed by atoms with Crippen molar-refractivity contribution in [2.24, 2.45) is 0 Å². The van der Waals surface area contributed by atoms with Crippen LogP contribution in [0.3, 0.4) is 0 Å². The summed E-state index contributed by atoms with van der Waals surface area (Å²) in [7, 11) is 3.90. The fourth-order valence-corrected chi connectivity index (χ4v) is 3.32. The predicted octanol–water partition coefficient (Wildman–Crippen LogP) is 1.29. The van der Waals surface area contributed by atoms with Crippen molar-refractivity contribution in [2.75, 3.05) is 47.1 Å². The number of hydrogen-bond acceptors (Lipinski definition) is 4. The standard InChI is InChI=1S/C13H31NO3Si/c1-5-16-13(17-6-2)18-12-8-11-15-10-7-9-14(3)4/h13H,5-12,18H2,1-4H3. The van der Waals surface area contributed by atoms with Gasteiger partial charge in [-0.15, -0.1) is 0 Å². The lowest BCUT2D eigenvalue weighted by molar-refractivity contribution is -0.0828. The van der Waals surface area contributed by atoms with E-state index in [2.05, 4.69) is 19.0 Å². The van der Waals surface area contributed by atoms with E-state index in [4.69, 9.17) is 14.2 Å². The first-order valence-electron chi connectivity index (χ1n) is 7.16. The van der Waals surface area contributed by atoms with Crippen LogP contribution in [0.4, 0.5) is 0 Å². The first kappa shape index (κ1) is 18.1. The van der Waals surface area contributed by atoms with E-state index in [-0.39, 0.29) is 15.4 Å². The molecule has 0 spiro atoms. The molecule has 110 valence electrons. The third-order valence-corrected chi connectivity index (χ3v) is 4.43. The van der Waals surface area contributed by atoms with Gasteiger partial charge in [0, 0.05) is 26.4 Å². The van der Waals surface area contributed by atoms with Gasteiger partial charge in [-0.3, -0.25) is 0 Å². The topological polar surface area (TPSA) is 30.9 Å². The Morgan fingerprint density at radius 1 is 1.00 bits per heavy atom. The van der Waals surface area contributed by atoms with E-state index in [1.165, 1.54) is 6.04 Å². The van der Waals surface area contributed by atoms with Crippen molar-refractivity contribution in [1.82, 2.24) is 4.90 Å². The van der Waals surface area contributed by atoms with E-state index in [1.54, 1.807) is 0 Å². The molecule has 0 aromatic heterocycles. The fourth-order valence-electron chi connectivity index (χ4n) is 1.69. The molecule has 0 bridgehead atoms. The Bertz CT molecular complexity index is 164. The van der Waals surface area contributed by atoms with Crippen LogP contribution in [0, 0.1) is 0 Å². The van der Waals surface area contributed by atoms with Crippen LogP contribution in [0.25, 0.3) is 0 Å². The second kappa shape index (κ2) is 13.5. The van der Waals surface area contributed by atoms with Crippen molar-refractivity contribution in [3.8, 4) is 0 Å². The molecular weight excluding hydrogens is 246 g/mol. The van der Waals surface area contributed by atoms with Gasteiger partial charge in [0.25, 0.3) is 0 Å². The molecule has 5 heteroatoms. The van der Waals surface area contributed by atoms with Crippen molar-refractivity contribution in [3.05, 3.63) is 0 Å². The molecule has 0 aliphatic carbocycles. The van der Waals surface area contributed by atoms with Gasteiger partial charge in [-0.1, -0.05) is 6.04 Å². The highest BCUT2D eigenvalue weighted by atomic mass is 28.2. The van der Waals surface area contributed by atoms with Crippen molar-refractivity contribution in [3.63, 3.8) is 0 Å². The highest BCUT2D eigenvalue weighted by molar-refractivity contribution is 6.36. The predicted molar refractivity (Wildman–Crippen MR) is 79.0 cm³/mol. The van der Waals surface area contributed by atoms with Crippen LogP contribution < -0.4 is 0 Å². The lowest BCUT2D eigenvalue weighted by Crippen LogP contribution is -2.24. The van der Waals surface area contributed by atoms with Gasteiger partial charge >= 0.3 is 0 Å². The molecule has 0 radical (unpaired) electrons. The van der Waals surface area contributed by atoms with Gasteiger partial charge in [-0.2, -0.15) is 0 Å².